The zero-order valence-corrected chi connectivity index (χ0v) is 19.9. The Balaban J connectivity index is 2.49. The SMILES string of the molecule is CCC(C)(C)CCC(Oc1ccccc1)(C(=O)Nc1c[c]c(Cl)cc1)C(C)(C)CC. The van der Waals surface area contributed by atoms with Gasteiger partial charge in [-0.15, -0.1) is 0 Å². The molecule has 1 N–H and O–H groups in total. The molecule has 2 rings (SSSR count). The number of hydrogen-bond acceptors (Lipinski definition) is 2. The van der Waals surface area contributed by atoms with Crippen LogP contribution in [0.3, 0.4) is 0 Å². The van der Waals surface area contributed by atoms with Crippen LogP contribution in [0.5, 0.6) is 5.75 Å². The van der Waals surface area contributed by atoms with Gasteiger partial charge >= 0.3 is 0 Å². The lowest BCUT2D eigenvalue weighted by Gasteiger charge is -2.46. The molecule has 0 aliphatic heterocycles. The van der Waals surface area contributed by atoms with E-state index < -0.39 is 11.0 Å². The zero-order chi connectivity index (χ0) is 22.4. The van der Waals surface area contributed by atoms with E-state index in [1.165, 1.54) is 0 Å². The summed E-state index contributed by atoms with van der Waals surface area (Å²) in [5, 5.41) is 3.58. The van der Waals surface area contributed by atoms with E-state index in [0.717, 1.165) is 19.3 Å². The topological polar surface area (TPSA) is 38.3 Å². The summed E-state index contributed by atoms with van der Waals surface area (Å²) < 4.78 is 6.61. The van der Waals surface area contributed by atoms with Crippen molar-refractivity contribution in [2.75, 3.05) is 5.32 Å². The van der Waals surface area contributed by atoms with Crippen LogP contribution < -0.4 is 10.1 Å². The number of ether oxygens (including phenoxy) is 1. The second-order valence-corrected chi connectivity index (χ2v) is 9.78. The number of amides is 1. The molecule has 0 heterocycles. The van der Waals surface area contributed by atoms with Crippen LogP contribution in [0.4, 0.5) is 5.69 Å². The summed E-state index contributed by atoms with van der Waals surface area (Å²) in [5.41, 5.74) is -0.655. The first-order valence-electron chi connectivity index (χ1n) is 10.8. The molecule has 1 amide bonds. The lowest BCUT2D eigenvalue weighted by molar-refractivity contribution is -0.145. The summed E-state index contributed by atoms with van der Waals surface area (Å²) in [6.45, 7) is 13.0. The molecule has 0 fully saturated rings. The number of hydrogen-bond donors (Lipinski definition) is 1. The molecule has 0 bridgehead atoms. The van der Waals surface area contributed by atoms with Crippen molar-refractivity contribution in [2.24, 2.45) is 10.8 Å². The highest BCUT2D eigenvalue weighted by Gasteiger charge is 2.53. The molecule has 2 aromatic carbocycles. The molecule has 0 aliphatic carbocycles. The Bertz CT molecular complexity index is 815. The third-order valence-corrected chi connectivity index (χ3v) is 6.76. The molecule has 0 spiro atoms. The van der Waals surface area contributed by atoms with Gasteiger partial charge in [-0.25, -0.2) is 0 Å². The van der Waals surface area contributed by atoms with Gasteiger partial charge < -0.3 is 10.1 Å². The Labute approximate surface area is 187 Å². The maximum absolute atomic E-state index is 13.9. The third-order valence-electron chi connectivity index (χ3n) is 6.52. The highest BCUT2D eigenvalue weighted by molar-refractivity contribution is 6.30. The van der Waals surface area contributed by atoms with Gasteiger partial charge in [-0.05, 0) is 55.0 Å². The van der Waals surface area contributed by atoms with Crippen LogP contribution in [-0.2, 0) is 4.79 Å². The van der Waals surface area contributed by atoms with Crippen LogP contribution in [0.25, 0.3) is 0 Å². The van der Waals surface area contributed by atoms with Crippen LogP contribution in [0.15, 0.2) is 48.5 Å². The number of anilines is 1. The van der Waals surface area contributed by atoms with E-state index in [0.29, 0.717) is 22.9 Å². The van der Waals surface area contributed by atoms with E-state index in [9.17, 15) is 4.79 Å². The molecule has 163 valence electrons. The number of benzene rings is 2. The van der Waals surface area contributed by atoms with E-state index in [4.69, 9.17) is 16.3 Å². The van der Waals surface area contributed by atoms with Gasteiger partial charge in [-0.2, -0.15) is 0 Å². The Morgan fingerprint density at radius 2 is 1.67 bits per heavy atom. The molecule has 30 heavy (non-hydrogen) atoms. The van der Waals surface area contributed by atoms with E-state index in [2.05, 4.69) is 52.9 Å². The van der Waals surface area contributed by atoms with Crippen LogP contribution in [0.2, 0.25) is 5.02 Å². The minimum Gasteiger partial charge on any atom is -0.477 e. The smallest absolute Gasteiger partial charge is 0.269 e. The molecule has 2 aromatic rings. The van der Waals surface area contributed by atoms with Gasteiger partial charge in [-0.3, -0.25) is 4.79 Å². The van der Waals surface area contributed by atoms with Gasteiger partial charge in [0.25, 0.3) is 5.91 Å². The van der Waals surface area contributed by atoms with Gasteiger partial charge in [0.15, 0.2) is 5.60 Å². The fraction of sp³-hybridized carbons (Fsp3) is 0.500. The fourth-order valence-electron chi connectivity index (χ4n) is 3.38. The molecule has 1 unspecified atom stereocenters. The quantitative estimate of drug-likeness (QED) is 0.424. The van der Waals surface area contributed by atoms with Gasteiger partial charge in [0.1, 0.15) is 5.75 Å². The molecule has 0 aliphatic rings. The number of para-hydroxylation sites is 1. The van der Waals surface area contributed by atoms with Gasteiger partial charge in [0.2, 0.25) is 0 Å². The summed E-state index contributed by atoms with van der Waals surface area (Å²) >= 11 is 5.96. The maximum atomic E-state index is 13.9. The molecule has 0 aromatic heterocycles. The number of rotatable bonds is 10. The van der Waals surface area contributed by atoms with E-state index in [-0.39, 0.29) is 11.3 Å². The average molecular weight is 429 g/mol. The highest BCUT2D eigenvalue weighted by atomic mass is 35.5. The molecule has 1 radical (unpaired) electrons. The van der Waals surface area contributed by atoms with Crippen molar-refractivity contribution >= 4 is 23.2 Å². The van der Waals surface area contributed by atoms with Crippen molar-refractivity contribution in [3.05, 3.63) is 59.6 Å². The van der Waals surface area contributed by atoms with Crippen molar-refractivity contribution in [2.45, 2.75) is 72.8 Å². The van der Waals surface area contributed by atoms with Gasteiger partial charge in [-0.1, -0.05) is 77.8 Å². The average Bonchev–Trinajstić information content (AvgIpc) is 2.73. The first-order valence-corrected chi connectivity index (χ1v) is 11.2. The van der Waals surface area contributed by atoms with Gasteiger partial charge in [0.05, 0.1) is 0 Å². The zero-order valence-electron chi connectivity index (χ0n) is 19.1. The van der Waals surface area contributed by atoms with Crippen molar-refractivity contribution in [3.63, 3.8) is 0 Å². The van der Waals surface area contributed by atoms with E-state index in [1.807, 2.05) is 30.3 Å². The number of halogens is 1. The predicted molar refractivity (Wildman–Crippen MR) is 126 cm³/mol. The lowest BCUT2D eigenvalue weighted by atomic mass is 9.67. The van der Waals surface area contributed by atoms with Crippen molar-refractivity contribution in [1.82, 2.24) is 0 Å². The molecular weight excluding hydrogens is 394 g/mol. The Hall–Kier alpha value is -2.00. The monoisotopic (exact) mass is 428 g/mol. The molecule has 0 saturated heterocycles. The Morgan fingerprint density at radius 1 is 1.00 bits per heavy atom. The standard InChI is InChI=1S/C26H35ClNO2/c1-7-24(3,4)18-19-26(25(5,6)8-2,30-22-12-10-9-11-13-22)23(29)28-21-16-14-20(27)15-17-21/h9-14,16-17H,7-8,18-19H2,1-6H3,(H,28,29). The van der Waals surface area contributed by atoms with Crippen molar-refractivity contribution in [3.8, 4) is 5.75 Å². The number of carbonyl (C=O) groups is 1. The molecule has 3 nitrogen and oxygen atoms in total. The van der Waals surface area contributed by atoms with E-state index >= 15 is 0 Å². The summed E-state index contributed by atoms with van der Waals surface area (Å²) in [6.07, 6.45) is 3.33. The molecule has 4 heteroatoms. The molecular formula is C26H35ClNO2. The number of carbonyl (C=O) groups excluding carboxylic acids is 1. The fourth-order valence-corrected chi connectivity index (χ4v) is 3.49. The first kappa shape index (κ1) is 24.3. The van der Waals surface area contributed by atoms with Crippen molar-refractivity contribution in [1.29, 1.82) is 0 Å². The summed E-state index contributed by atoms with van der Waals surface area (Å²) in [4.78, 5) is 13.9. The summed E-state index contributed by atoms with van der Waals surface area (Å²) in [5.74, 6) is 0.562. The highest BCUT2D eigenvalue weighted by Crippen LogP contribution is 2.44. The number of nitrogens with one attached hydrogen (secondary N) is 1. The minimum absolute atomic E-state index is 0.115. The second-order valence-electron chi connectivity index (χ2n) is 9.38. The predicted octanol–water partition coefficient (Wildman–Crippen LogP) is 7.55. The Kier molecular flexibility index (Phi) is 7.99. The largest absolute Gasteiger partial charge is 0.477 e. The second kappa shape index (κ2) is 9.87. The van der Waals surface area contributed by atoms with Crippen LogP contribution >= 0.6 is 11.6 Å². The maximum Gasteiger partial charge on any atom is 0.269 e. The molecule has 1 atom stereocenters. The summed E-state index contributed by atoms with van der Waals surface area (Å²) in [7, 11) is 0. The van der Waals surface area contributed by atoms with Crippen LogP contribution in [-0.4, -0.2) is 11.5 Å². The first-order chi connectivity index (χ1) is 14.0. The van der Waals surface area contributed by atoms with Crippen LogP contribution in [0.1, 0.15) is 67.2 Å². The van der Waals surface area contributed by atoms with Crippen LogP contribution in [0, 0.1) is 16.9 Å². The summed E-state index contributed by atoms with van der Waals surface area (Å²) in [6, 6.07) is 17.8. The van der Waals surface area contributed by atoms with Crippen molar-refractivity contribution < 1.29 is 9.53 Å². The normalized spacial score (nSPS) is 14.1. The molecule has 0 saturated carbocycles. The Morgan fingerprint density at radius 3 is 2.20 bits per heavy atom. The van der Waals surface area contributed by atoms with Gasteiger partial charge in [0, 0.05) is 22.2 Å². The minimum atomic E-state index is -1.03. The van der Waals surface area contributed by atoms with E-state index in [1.54, 1.807) is 18.2 Å². The third kappa shape index (κ3) is 5.78. The lowest BCUT2D eigenvalue weighted by Crippen LogP contribution is -2.58.